The number of fused-ring (bicyclic) bond motifs is 1. The van der Waals surface area contributed by atoms with Gasteiger partial charge in [-0.25, -0.2) is 4.79 Å². The Bertz CT molecular complexity index is 508. The van der Waals surface area contributed by atoms with Gasteiger partial charge in [-0.3, -0.25) is 4.90 Å². The van der Waals surface area contributed by atoms with Crippen LogP contribution >= 0.6 is 11.3 Å². The normalized spacial score (nSPS) is 27.0. The summed E-state index contributed by atoms with van der Waals surface area (Å²) in [5, 5.41) is 8.65. The number of likely N-dealkylation sites (tertiary alicyclic amines) is 1. The predicted molar refractivity (Wildman–Crippen MR) is 81.8 cm³/mol. The largest absolute Gasteiger partial charge is 0.478 e. The third kappa shape index (κ3) is 3.13. The minimum atomic E-state index is -0.885. The smallest absolute Gasteiger partial charge is 0.328 e. The first-order valence-electron chi connectivity index (χ1n) is 7.46. The maximum atomic E-state index is 10.5. The van der Waals surface area contributed by atoms with Gasteiger partial charge in [-0.15, -0.1) is 11.3 Å². The number of thiophene rings is 1. The predicted octanol–water partition coefficient (Wildman–Crippen LogP) is 3.61. The van der Waals surface area contributed by atoms with E-state index in [2.05, 4.69) is 11.0 Å². The van der Waals surface area contributed by atoms with Gasteiger partial charge in [0, 0.05) is 28.4 Å². The Morgan fingerprint density at radius 3 is 3.05 bits per heavy atom. The summed E-state index contributed by atoms with van der Waals surface area (Å²) in [6, 6.07) is 4.96. The monoisotopic (exact) mass is 291 g/mol. The fourth-order valence-electron chi connectivity index (χ4n) is 3.62. The number of carboxylic acids is 1. The van der Waals surface area contributed by atoms with Crippen LogP contribution < -0.4 is 0 Å². The van der Waals surface area contributed by atoms with Crippen molar-refractivity contribution in [1.82, 2.24) is 4.90 Å². The van der Waals surface area contributed by atoms with Crippen molar-refractivity contribution in [2.24, 2.45) is 5.92 Å². The molecule has 4 heteroatoms. The van der Waals surface area contributed by atoms with E-state index in [0.717, 1.165) is 23.4 Å². The van der Waals surface area contributed by atoms with E-state index in [-0.39, 0.29) is 0 Å². The van der Waals surface area contributed by atoms with Crippen LogP contribution in [0.15, 0.2) is 18.2 Å². The topological polar surface area (TPSA) is 40.5 Å². The molecule has 2 aliphatic rings. The lowest BCUT2D eigenvalue weighted by Gasteiger charge is -2.31. The SMILES string of the molecule is O=C(O)/C=C/c1ccc(CN2CCC3CCCCC32)s1. The number of hydrogen-bond donors (Lipinski definition) is 1. The lowest BCUT2D eigenvalue weighted by Crippen LogP contribution is -2.33. The van der Waals surface area contributed by atoms with Crippen LogP contribution in [0.25, 0.3) is 6.08 Å². The zero-order chi connectivity index (χ0) is 13.9. The summed E-state index contributed by atoms with van der Waals surface area (Å²) < 4.78 is 0. The summed E-state index contributed by atoms with van der Waals surface area (Å²) in [7, 11) is 0. The highest BCUT2D eigenvalue weighted by molar-refractivity contribution is 7.12. The molecule has 2 atom stereocenters. The van der Waals surface area contributed by atoms with Gasteiger partial charge in [-0.2, -0.15) is 0 Å². The Balaban J connectivity index is 1.62. The van der Waals surface area contributed by atoms with E-state index >= 15 is 0 Å². The first-order valence-corrected chi connectivity index (χ1v) is 8.28. The van der Waals surface area contributed by atoms with Crippen LogP contribution in [0.4, 0.5) is 0 Å². The van der Waals surface area contributed by atoms with Gasteiger partial charge in [0.2, 0.25) is 0 Å². The van der Waals surface area contributed by atoms with E-state index in [1.54, 1.807) is 17.4 Å². The van der Waals surface area contributed by atoms with Crippen molar-refractivity contribution in [1.29, 1.82) is 0 Å². The number of aliphatic carboxylic acids is 1. The third-order valence-corrected chi connectivity index (χ3v) is 5.59. The molecule has 1 aromatic rings. The highest BCUT2D eigenvalue weighted by Crippen LogP contribution is 2.37. The molecule has 1 aliphatic carbocycles. The number of hydrogen-bond acceptors (Lipinski definition) is 3. The second kappa shape index (κ2) is 6.10. The first kappa shape index (κ1) is 13.8. The molecule has 2 heterocycles. The van der Waals surface area contributed by atoms with Gasteiger partial charge in [-0.1, -0.05) is 12.8 Å². The molecule has 0 radical (unpaired) electrons. The summed E-state index contributed by atoms with van der Waals surface area (Å²) in [6.45, 7) is 2.26. The molecule has 0 amide bonds. The maximum absolute atomic E-state index is 10.5. The molecule has 108 valence electrons. The van der Waals surface area contributed by atoms with Gasteiger partial charge in [-0.05, 0) is 49.9 Å². The second-order valence-electron chi connectivity index (χ2n) is 5.85. The Morgan fingerprint density at radius 1 is 1.35 bits per heavy atom. The van der Waals surface area contributed by atoms with Crippen LogP contribution in [0.1, 0.15) is 41.9 Å². The van der Waals surface area contributed by atoms with Crippen LogP contribution in [-0.2, 0) is 11.3 Å². The van der Waals surface area contributed by atoms with Crippen molar-refractivity contribution in [3.8, 4) is 0 Å². The molecule has 0 spiro atoms. The summed E-state index contributed by atoms with van der Waals surface area (Å²) in [5.74, 6) is 0.0413. The maximum Gasteiger partial charge on any atom is 0.328 e. The summed E-state index contributed by atoms with van der Waals surface area (Å²) in [5.41, 5.74) is 0. The standard InChI is InChI=1S/C16H21NO2S/c18-16(19)8-7-13-5-6-14(20-13)11-17-10-9-12-3-1-2-4-15(12)17/h5-8,12,15H,1-4,9-11H2,(H,18,19)/b8-7+. The zero-order valence-electron chi connectivity index (χ0n) is 11.6. The molecule has 3 rings (SSSR count). The van der Waals surface area contributed by atoms with Crippen molar-refractivity contribution in [3.63, 3.8) is 0 Å². The van der Waals surface area contributed by atoms with E-state index in [1.165, 1.54) is 49.6 Å². The van der Waals surface area contributed by atoms with Crippen molar-refractivity contribution in [2.45, 2.75) is 44.7 Å². The highest BCUT2D eigenvalue weighted by Gasteiger charge is 2.35. The van der Waals surface area contributed by atoms with E-state index in [1.807, 2.05) is 6.07 Å². The third-order valence-electron chi connectivity index (χ3n) is 4.56. The average molecular weight is 291 g/mol. The lowest BCUT2D eigenvalue weighted by atomic mass is 9.85. The fourth-order valence-corrected chi connectivity index (χ4v) is 4.56. The molecule has 1 N–H and O–H groups in total. The molecule has 1 saturated carbocycles. The van der Waals surface area contributed by atoms with Crippen molar-refractivity contribution < 1.29 is 9.90 Å². The molecule has 1 aliphatic heterocycles. The zero-order valence-corrected chi connectivity index (χ0v) is 12.4. The van der Waals surface area contributed by atoms with E-state index < -0.39 is 5.97 Å². The molecule has 2 unspecified atom stereocenters. The number of rotatable bonds is 4. The second-order valence-corrected chi connectivity index (χ2v) is 7.05. The number of nitrogens with zero attached hydrogens (tertiary/aromatic N) is 1. The van der Waals surface area contributed by atoms with Crippen LogP contribution in [0.3, 0.4) is 0 Å². The van der Waals surface area contributed by atoms with E-state index in [4.69, 9.17) is 5.11 Å². The molecule has 0 aromatic carbocycles. The molecule has 20 heavy (non-hydrogen) atoms. The van der Waals surface area contributed by atoms with Crippen LogP contribution in [-0.4, -0.2) is 28.6 Å². The molecule has 1 saturated heterocycles. The minimum Gasteiger partial charge on any atom is -0.478 e. The minimum absolute atomic E-state index is 0.795. The first-order chi connectivity index (χ1) is 9.72. The van der Waals surface area contributed by atoms with Gasteiger partial charge in [0.1, 0.15) is 0 Å². The highest BCUT2D eigenvalue weighted by atomic mass is 32.1. The lowest BCUT2D eigenvalue weighted by molar-refractivity contribution is -0.131. The van der Waals surface area contributed by atoms with E-state index in [0.29, 0.717) is 0 Å². The Labute approximate surface area is 123 Å². The van der Waals surface area contributed by atoms with Crippen LogP contribution in [0.5, 0.6) is 0 Å². The van der Waals surface area contributed by atoms with Gasteiger partial charge in [0.05, 0.1) is 0 Å². The Hall–Kier alpha value is -1.13. The van der Waals surface area contributed by atoms with E-state index in [9.17, 15) is 4.79 Å². The molecule has 2 fully saturated rings. The number of carbonyl (C=O) groups is 1. The molecule has 1 aromatic heterocycles. The fraction of sp³-hybridized carbons (Fsp3) is 0.562. The molecular weight excluding hydrogens is 270 g/mol. The molecular formula is C16H21NO2S. The van der Waals surface area contributed by atoms with Crippen molar-refractivity contribution >= 4 is 23.4 Å². The Kier molecular flexibility index (Phi) is 4.22. The van der Waals surface area contributed by atoms with Crippen LogP contribution in [0, 0.1) is 5.92 Å². The summed E-state index contributed by atoms with van der Waals surface area (Å²) in [6.07, 6.45) is 9.83. The number of carboxylic acid groups (broad SMARTS) is 1. The molecule has 0 bridgehead atoms. The quantitative estimate of drug-likeness (QED) is 0.862. The summed E-state index contributed by atoms with van der Waals surface area (Å²) >= 11 is 1.71. The van der Waals surface area contributed by atoms with Gasteiger partial charge in [0.15, 0.2) is 0 Å². The summed E-state index contributed by atoms with van der Waals surface area (Å²) in [4.78, 5) is 15.5. The van der Waals surface area contributed by atoms with Crippen LogP contribution in [0.2, 0.25) is 0 Å². The van der Waals surface area contributed by atoms with Gasteiger partial charge < -0.3 is 5.11 Å². The van der Waals surface area contributed by atoms with Gasteiger partial charge >= 0.3 is 5.97 Å². The van der Waals surface area contributed by atoms with Crippen molar-refractivity contribution in [2.75, 3.05) is 6.54 Å². The van der Waals surface area contributed by atoms with Crippen molar-refractivity contribution in [3.05, 3.63) is 28.0 Å². The molecule has 3 nitrogen and oxygen atoms in total. The Morgan fingerprint density at radius 2 is 2.20 bits per heavy atom. The van der Waals surface area contributed by atoms with Gasteiger partial charge in [0.25, 0.3) is 0 Å². The average Bonchev–Trinajstić information content (AvgIpc) is 3.05.